The van der Waals surface area contributed by atoms with E-state index in [4.69, 9.17) is 4.74 Å². The first-order valence-electron chi connectivity index (χ1n) is 9.15. The molecule has 0 fully saturated rings. The van der Waals surface area contributed by atoms with Gasteiger partial charge in [-0.25, -0.2) is 9.67 Å². The maximum Gasteiger partial charge on any atom is 0.212 e. The van der Waals surface area contributed by atoms with Gasteiger partial charge in [-0.2, -0.15) is 5.10 Å². The molecule has 7 heteroatoms. The van der Waals surface area contributed by atoms with E-state index >= 15 is 0 Å². The number of methoxy groups -OCH3 is 1. The van der Waals surface area contributed by atoms with E-state index in [0.717, 1.165) is 34.2 Å². The Morgan fingerprint density at radius 3 is 2.54 bits per heavy atom. The number of hydrogen-bond acceptors (Lipinski definition) is 4. The van der Waals surface area contributed by atoms with E-state index in [2.05, 4.69) is 50.8 Å². The highest BCUT2D eigenvalue weighted by Crippen LogP contribution is 2.16. The molecular weight excluding hydrogens is 352 g/mol. The van der Waals surface area contributed by atoms with Gasteiger partial charge < -0.3 is 15.4 Å². The maximum absolute atomic E-state index is 5.09. The number of guanidine groups is 1. The van der Waals surface area contributed by atoms with Crippen molar-refractivity contribution in [2.24, 2.45) is 4.99 Å². The number of ether oxygens (including phenoxy) is 1. The molecule has 28 heavy (non-hydrogen) atoms. The molecule has 0 unspecified atom stereocenters. The molecule has 2 aromatic heterocycles. The SMILES string of the molecule is CN=C(NCc1ccc(OC)nc1)NCc1ccccc1-n1nc(C)cc1C. The molecule has 0 aliphatic heterocycles. The molecule has 0 atom stereocenters. The van der Waals surface area contributed by atoms with Crippen molar-refractivity contribution < 1.29 is 4.74 Å². The molecule has 3 aromatic rings. The molecule has 2 heterocycles. The quantitative estimate of drug-likeness (QED) is 0.510. The van der Waals surface area contributed by atoms with E-state index in [0.29, 0.717) is 19.0 Å². The van der Waals surface area contributed by atoms with Crippen molar-refractivity contribution in [2.75, 3.05) is 14.2 Å². The van der Waals surface area contributed by atoms with Crippen molar-refractivity contribution in [1.82, 2.24) is 25.4 Å². The van der Waals surface area contributed by atoms with E-state index in [9.17, 15) is 0 Å². The fraction of sp³-hybridized carbons (Fsp3) is 0.286. The number of benzene rings is 1. The van der Waals surface area contributed by atoms with E-state index in [1.165, 1.54) is 0 Å². The number of aryl methyl sites for hydroxylation is 2. The van der Waals surface area contributed by atoms with Crippen LogP contribution in [0.1, 0.15) is 22.5 Å². The molecule has 7 nitrogen and oxygen atoms in total. The number of rotatable bonds is 6. The second-order valence-electron chi connectivity index (χ2n) is 6.46. The lowest BCUT2D eigenvalue weighted by Gasteiger charge is -2.15. The van der Waals surface area contributed by atoms with Crippen LogP contribution in [0.4, 0.5) is 0 Å². The summed E-state index contributed by atoms with van der Waals surface area (Å²) in [7, 11) is 3.37. The summed E-state index contributed by atoms with van der Waals surface area (Å²) in [6, 6.07) is 14.1. The molecule has 1 aromatic carbocycles. The lowest BCUT2D eigenvalue weighted by Crippen LogP contribution is -2.36. The number of nitrogens with one attached hydrogen (secondary N) is 2. The summed E-state index contributed by atoms with van der Waals surface area (Å²) in [5, 5.41) is 11.3. The van der Waals surface area contributed by atoms with Gasteiger partial charge in [0.25, 0.3) is 0 Å². The van der Waals surface area contributed by atoms with Crippen LogP contribution in [0, 0.1) is 13.8 Å². The monoisotopic (exact) mass is 378 g/mol. The van der Waals surface area contributed by atoms with Crippen LogP contribution in [0.3, 0.4) is 0 Å². The van der Waals surface area contributed by atoms with Crippen molar-refractivity contribution >= 4 is 5.96 Å². The fourth-order valence-electron chi connectivity index (χ4n) is 2.96. The van der Waals surface area contributed by atoms with E-state index < -0.39 is 0 Å². The van der Waals surface area contributed by atoms with Crippen LogP contribution in [-0.4, -0.2) is 34.9 Å². The first kappa shape index (κ1) is 19.4. The van der Waals surface area contributed by atoms with Gasteiger partial charge in [0.2, 0.25) is 5.88 Å². The Labute approximate surface area is 165 Å². The topological polar surface area (TPSA) is 76.4 Å². The zero-order chi connectivity index (χ0) is 19.9. The molecule has 146 valence electrons. The Bertz CT molecular complexity index is 946. The van der Waals surface area contributed by atoms with Crippen LogP contribution in [0.25, 0.3) is 5.69 Å². The van der Waals surface area contributed by atoms with Crippen LogP contribution in [-0.2, 0) is 13.1 Å². The molecular formula is C21H26N6O. The predicted octanol–water partition coefficient (Wildman–Crippen LogP) is 2.76. The number of aliphatic imine (C=N–C) groups is 1. The number of hydrogen-bond donors (Lipinski definition) is 2. The lowest BCUT2D eigenvalue weighted by molar-refractivity contribution is 0.397. The van der Waals surface area contributed by atoms with Gasteiger partial charge in [-0.05, 0) is 37.1 Å². The number of aromatic nitrogens is 3. The normalized spacial score (nSPS) is 11.4. The van der Waals surface area contributed by atoms with Gasteiger partial charge in [0.05, 0.1) is 18.5 Å². The molecule has 0 bridgehead atoms. The molecule has 0 amide bonds. The summed E-state index contributed by atoms with van der Waals surface area (Å²) in [4.78, 5) is 8.52. The Hall–Kier alpha value is -3.35. The van der Waals surface area contributed by atoms with Crippen molar-refractivity contribution in [1.29, 1.82) is 0 Å². The smallest absolute Gasteiger partial charge is 0.212 e. The van der Waals surface area contributed by atoms with Crippen molar-refractivity contribution in [3.05, 3.63) is 71.2 Å². The minimum Gasteiger partial charge on any atom is -0.481 e. The van der Waals surface area contributed by atoms with Gasteiger partial charge in [0.1, 0.15) is 0 Å². The molecule has 0 aliphatic rings. The number of nitrogens with zero attached hydrogens (tertiary/aromatic N) is 4. The molecule has 0 aliphatic carbocycles. The zero-order valence-corrected chi connectivity index (χ0v) is 16.7. The van der Waals surface area contributed by atoms with Gasteiger partial charge >= 0.3 is 0 Å². The second kappa shape index (κ2) is 9.03. The average molecular weight is 378 g/mol. The van der Waals surface area contributed by atoms with E-state index in [1.54, 1.807) is 20.4 Å². The van der Waals surface area contributed by atoms with Gasteiger partial charge in [-0.1, -0.05) is 24.3 Å². The minimum atomic E-state index is 0.604. The first-order chi connectivity index (χ1) is 13.6. The third-order valence-electron chi connectivity index (χ3n) is 4.37. The highest BCUT2D eigenvalue weighted by Gasteiger charge is 2.09. The van der Waals surface area contributed by atoms with Gasteiger partial charge in [-0.15, -0.1) is 0 Å². The Balaban J connectivity index is 1.64. The minimum absolute atomic E-state index is 0.604. The summed E-state index contributed by atoms with van der Waals surface area (Å²) in [6.07, 6.45) is 1.79. The third kappa shape index (κ3) is 4.68. The molecule has 0 spiro atoms. The highest BCUT2D eigenvalue weighted by atomic mass is 16.5. The highest BCUT2D eigenvalue weighted by molar-refractivity contribution is 5.79. The van der Waals surface area contributed by atoms with Crippen molar-refractivity contribution in [3.8, 4) is 11.6 Å². The number of pyridine rings is 1. The van der Waals surface area contributed by atoms with E-state index in [-0.39, 0.29) is 0 Å². The van der Waals surface area contributed by atoms with Crippen LogP contribution in [0.5, 0.6) is 5.88 Å². The molecule has 0 radical (unpaired) electrons. The maximum atomic E-state index is 5.09. The predicted molar refractivity (Wildman–Crippen MR) is 111 cm³/mol. The van der Waals surface area contributed by atoms with Gasteiger partial charge in [0, 0.05) is 38.1 Å². The Kier molecular flexibility index (Phi) is 6.26. The standard InChI is InChI=1S/C21H26N6O/c1-15-11-16(2)27(26-15)19-8-6-5-7-18(19)14-25-21(22-3)24-13-17-9-10-20(28-4)23-12-17/h5-12H,13-14H2,1-4H3,(H2,22,24,25). The summed E-state index contributed by atoms with van der Waals surface area (Å²) in [5.74, 6) is 1.33. The summed E-state index contributed by atoms with van der Waals surface area (Å²) < 4.78 is 7.06. The van der Waals surface area contributed by atoms with Crippen LogP contribution < -0.4 is 15.4 Å². The molecule has 0 saturated heterocycles. The number of para-hydroxylation sites is 1. The summed E-state index contributed by atoms with van der Waals surface area (Å²) in [6.45, 7) is 5.32. The molecule has 2 N–H and O–H groups in total. The van der Waals surface area contributed by atoms with Crippen LogP contribution in [0.15, 0.2) is 53.7 Å². The van der Waals surface area contributed by atoms with Gasteiger partial charge in [-0.3, -0.25) is 4.99 Å². The fourth-order valence-corrected chi connectivity index (χ4v) is 2.96. The van der Waals surface area contributed by atoms with Crippen LogP contribution >= 0.6 is 0 Å². The second-order valence-corrected chi connectivity index (χ2v) is 6.46. The van der Waals surface area contributed by atoms with Crippen molar-refractivity contribution in [2.45, 2.75) is 26.9 Å². The third-order valence-corrected chi connectivity index (χ3v) is 4.37. The summed E-state index contributed by atoms with van der Waals surface area (Å²) >= 11 is 0. The summed E-state index contributed by atoms with van der Waals surface area (Å²) in [5.41, 5.74) is 5.37. The molecule has 3 rings (SSSR count). The zero-order valence-electron chi connectivity index (χ0n) is 16.7. The molecule has 0 saturated carbocycles. The lowest BCUT2D eigenvalue weighted by atomic mass is 10.1. The van der Waals surface area contributed by atoms with Gasteiger partial charge in [0.15, 0.2) is 5.96 Å². The largest absolute Gasteiger partial charge is 0.481 e. The van der Waals surface area contributed by atoms with Crippen molar-refractivity contribution in [3.63, 3.8) is 0 Å². The Morgan fingerprint density at radius 2 is 1.89 bits per heavy atom. The van der Waals surface area contributed by atoms with Crippen LogP contribution in [0.2, 0.25) is 0 Å². The Morgan fingerprint density at radius 1 is 1.11 bits per heavy atom. The van der Waals surface area contributed by atoms with E-state index in [1.807, 2.05) is 35.9 Å². The first-order valence-corrected chi connectivity index (χ1v) is 9.15. The average Bonchev–Trinajstić information content (AvgIpc) is 3.06.